The largest absolute Gasteiger partial charge is 0.489 e. The summed E-state index contributed by atoms with van der Waals surface area (Å²) in [6, 6.07) is 0. The van der Waals surface area contributed by atoms with Gasteiger partial charge in [-0.1, -0.05) is 6.92 Å². The van der Waals surface area contributed by atoms with E-state index in [1.54, 1.807) is 6.92 Å². The van der Waals surface area contributed by atoms with Gasteiger partial charge < -0.3 is 4.74 Å². The second kappa shape index (κ2) is 3.71. The first-order valence-corrected chi connectivity index (χ1v) is 3.12. The highest BCUT2D eigenvalue weighted by molar-refractivity contribution is 6.21. The summed E-state index contributed by atoms with van der Waals surface area (Å²) in [6.45, 7) is 1.67. The molecule has 2 nitrogen and oxygen atoms in total. The van der Waals surface area contributed by atoms with E-state index >= 15 is 0 Å². The molecule has 60 valence electrons. The molecule has 0 aromatic rings. The van der Waals surface area contributed by atoms with Crippen LogP contribution in [0, 0.1) is 0 Å². The van der Waals surface area contributed by atoms with Gasteiger partial charge in [0.1, 0.15) is 0 Å². The molecule has 0 aromatic carbocycles. The van der Waals surface area contributed by atoms with Gasteiger partial charge in [-0.2, -0.15) is 0 Å². The zero-order valence-corrected chi connectivity index (χ0v) is 6.12. The van der Waals surface area contributed by atoms with Crippen molar-refractivity contribution < 1.29 is 18.3 Å². The van der Waals surface area contributed by atoms with Crippen LogP contribution in [0.15, 0.2) is 0 Å². The normalized spacial score (nSPS) is 11.2. The zero-order chi connectivity index (χ0) is 8.20. The van der Waals surface area contributed by atoms with Gasteiger partial charge in [0.15, 0.2) is 0 Å². The Morgan fingerprint density at radius 3 is 2.50 bits per heavy atom. The summed E-state index contributed by atoms with van der Waals surface area (Å²) in [5.41, 5.74) is -3.85. The lowest BCUT2D eigenvalue weighted by molar-refractivity contribution is -0.192. The summed E-state index contributed by atoms with van der Waals surface area (Å²) < 4.78 is 26.7. The minimum atomic E-state index is -3.85. The van der Waals surface area contributed by atoms with Crippen LogP contribution in [-0.2, 0) is 9.53 Å². The van der Waals surface area contributed by atoms with E-state index in [2.05, 4.69) is 16.3 Å². The van der Waals surface area contributed by atoms with Crippen molar-refractivity contribution in [2.75, 3.05) is 0 Å². The topological polar surface area (TPSA) is 26.3 Å². The van der Waals surface area contributed by atoms with Crippen LogP contribution in [-0.4, -0.2) is 11.5 Å². The van der Waals surface area contributed by atoms with E-state index in [9.17, 15) is 13.6 Å². The molecule has 5 heteroatoms. The average Bonchev–Trinajstić information content (AvgIpc) is 1.59. The fraction of sp³-hybridized carbons (Fsp3) is 0.800. The Balaban J connectivity index is 3.58. The minimum absolute atomic E-state index is 0.0394. The molecule has 0 heterocycles. The van der Waals surface area contributed by atoms with Gasteiger partial charge in [0, 0.05) is 18.0 Å². The van der Waals surface area contributed by atoms with E-state index in [1.165, 1.54) is 0 Å². The molecule has 0 amide bonds. The van der Waals surface area contributed by atoms with Crippen LogP contribution in [0.2, 0.25) is 0 Å². The number of alkyl halides is 3. The molecule has 0 bridgehead atoms. The first kappa shape index (κ1) is 9.62. The number of esters is 1. The lowest BCUT2D eigenvalue weighted by Gasteiger charge is -2.06. The third kappa shape index (κ3) is 5.75. The molecule has 0 rings (SSSR count). The van der Waals surface area contributed by atoms with Crippen LogP contribution in [0.5, 0.6) is 0 Å². The van der Waals surface area contributed by atoms with Crippen LogP contribution in [0.3, 0.4) is 0 Å². The standard InChI is InChI=1S/C5H7ClF2O2/c1-2-3-4(9)10-5(6,7)8/h2-3H2,1H3. The Hall–Kier alpha value is -0.380. The minimum Gasteiger partial charge on any atom is -0.388 e. The summed E-state index contributed by atoms with van der Waals surface area (Å²) in [6.07, 6.45) is 0.425. The fourth-order valence-corrected chi connectivity index (χ4v) is 0.470. The Bertz CT molecular complexity index is 121. The van der Waals surface area contributed by atoms with Gasteiger partial charge in [-0.05, 0) is 6.42 Å². The van der Waals surface area contributed by atoms with E-state index < -0.39 is 11.5 Å². The Morgan fingerprint density at radius 2 is 2.20 bits per heavy atom. The van der Waals surface area contributed by atoms with Crippen molar-refractivity contribution in [1.29, 1.82) is 0 Å². The molecular weight excluding hydrogens is 166 g/mol. The van der Waals surface area contributed by atoms with Crippen LogP contribution in [0.1, 0.15) is 19.8 Å². The van der Waals surface area contributed by atoms with Crippen molar-refractivity contribution >= 4 is 17.6 Å². The van der Waals surface area contributed by atoms with Crippen molar-refractivity contribution in [2.45, 2.75) is 25.3 Å². The van der Waals surface area contributed by atoms with Gasteiger partial charge >= 0.3 is 11.5 Å². The van der Waals surface area contributed by atoms with Gasteiger partial charge in [0.25, 0.3) is 0 Å². The van der Waals surface area contributed by atoms with Crippen LogP contribution >= 0.6 is 11.6 Å². The maximum Gasteiger partial charge on any atom is 0.489 e. The second-order valence-corrected chi connectivity index (χ2v) is 2.11. The summed E-state index contributed by atoms with van der Waals surface area (Å²) >= 11 is 4.29. The smallest absolute Gasteiger partial charge is 0.388 e. The molecule has 0 aliphatic rings. The molecule has 0 fully saturated rings. The predicted molar refractivity (Wildman–Crippen MR) is 31.8 cm³/mol. The summed E-state index contributed by atoms with van der Waals surface area (Å²) in [5.74, 6) is -0.984. The van der Waals surface area contributed by atoms with Crippen molar-refractivity contribution in [2.24, 2.45) is 0 Å². The molecule has 0 spiro atoms. The molecule has 10 heavy (non-hydrogen) atoms. The molecule has 0 N–H and O–H groups in total. The van der Waals surface area contributed by atoms with E-state index in [-0.39, 0.29) is 6.42 Å². The molecule has 0 aliphatic carbocycles. The van der Waals surface area contributed by atoms with Crippen LogP contribution < -0.4 is 0 Å². The highest BCUT2D eigenvalue weighted by Gasteiger charge is 2.29. The second-order valence-electron chi connectivity index (χ2n) is 1.67. The first-order valence-electron chi connectivity index (χ1n) is 2.74. The highest BCUT2D eigenvalue weighted by Crippen LogP contribution is 2.20. The van der Waals surface area contributed by atoms with Crippen molar-refractivity contribution in [3.63, 3.8) is 0 Å². The fourth-order valence-electron chi connectivity index (χ4n) is 0.384. The lowest BCUT2D eigenvalue weighted by atomic mass is 10.3. The van der Waals surface area contributed by atoms with E-state index in [0.717, 1.165) is 0 Å². The first-order chi connectivity index (χ1) is 4.45. The molecule has 0 aromatic heterocycles. The zero-order valence-electron chi connectivity index (χ0n) is 5.36. The van der Waals surface area contributed by atoms with Gasteiger partial charge in [-0.15, -0.1) is 8.78 Å². The van der Waals surface area contributed by atoms with Crippen molar-refractivity contribution in [3.05, 3.63) is 0 Å². The Kier molecular flexibility index (Phi) is 3.57. The Morgan fingerprint density at radius 1 is 1.70 bits per heavy atom. The van der Waals surface area contributed by atoms with E-state index in [0.29, 0.717) is 6.42 Å². The maximum atomic E-state index is 11.6. The number of hydrogen-bond donors (Lipinski definition) is 0. The van der Waals surface area contributed by atoms with Crippen molar-refractivity contribution in [1.82, 2.24) is 0 Å². The monoisotopic (exact) mass is 172 g/mol. The molecular formula is C5H7ClF2O2. The predicted octanol–water partition coefficient (Wildman–Crippen LogP) is 2.12. The SMILES string of the molecule is CCCC(=O)OC(F)(F)Cl. The van der Waals surface area contributed by atoms with Gasteiger partial charge in [-0.3, -0.25) is 4.79 Å². The number of carbonyl (C=O) groups is 1. The number of halogens is 3. The molecule has 0 unspecified atom stereocenters. The average molecular weight is 173 g/mol. The van der Waals surface area contributed by atoms with Crippen LogP contribution in [0.4, 0.5) is 8.78 Å². The third-order valence-electron chi connectivity index (χ3n) is 0.684. The summed E-state index contributed by atoms with van der Waals surface area (Å²) in [7, 11) is 0. The van der Waals surface area contributed by atoms with Crippen molar-refractivity contribution in [3.8, 4) is 0 Å². The molecule has 0 atom stereocenters. The molecule has 0 radical (unpaired) electrons. The lowest BCUT2D eigenvalue weighted by Crippen LogP contribution is -2.17. The summed E-state index contributed by atoms with van der Waals surface area (Å²) in [4.78, 5) is 10.3. The third-order valence-corrected chi connectivity index (χ3v) is 0.761. The summed E-state index contributed by atoms with van der Waals surface area (Å²) in [5, 5.41) is 0. The highest BCUT2D eigenvalue weighted by atomic mass is 35.5. The number of carbonyl (C=O) groups excluding carboxylic acids is 1. The van der Waals surface area contributed by atoms with E-state index in [4.69, 9.17) is 0 Å². The molecule has 0 saturated carbocycles. The molecule has 0 aliphatic heterocycles. The quantitative estimate of drug-likeness (QED) is 0.482. The number of ether oxygens (including phenoxy) is 1. The van der Waals surface area contributed by atoms with Crippen LogP contribution in [0.25, 0.3) is 0 Å². The molecule has 0 saturated heterocycles. The van der Waals surface area contributed by atoms with Gasteiger partial charge in [0.05, 0.1) is 0 Å². The Labute approximate surface area is 62.1 Å². The maximum absolute atomic E-state index is 11.6. The number of rotatable bonds is 3. The van der Waals surface area contributed by atoms with E-state index in [1.807, 2.05) is 0 Å². The number of hydrogen-bond acceptors (Lipinski definition) is 2. The van der Waals surface area contributed by atoms with Gasteiger partial charge in [0.2, 0.25) is 0 Å². The van der Waals surface area contributed by atoms with Gasteiger partial charge in [-0.25, -0.2) is 0 Å².